The second kappa shape index (κ2) is 39.5. The van der Waals surface area contributed by atoms with Gasteiger partial charge < -0.3 is 41.5 Å². The maximum Gasteiger partial charge on any atom is 0.472 e. The number of unbranched alkanes of at least 4 members (excludes halogenated alkanes) is 20. The average Bonchev–Trinajstić information content (AvgIpc) is 3.09. The highest BCUT2D eigenvalue weighted by atomic mass is 35.5. The Kier molecular flexibility index (Phi) is 42.1. The van der Waals surface area contributed by atoms with Gasteiger partial charge in [-0.1, -0.05) is 149 Å². The van der Waals surface area contributed by atoms with Gasteiger partial charge in [0.15, 0.2) is 6.10 Å². The second-order valence-electron chi connectivity index (χ2n) is 15.3. The van der Waals surface area contributed by atoms with Crippen molar-refractivity contribution in [1.82, 2.24) is 0 Å². The SMILES string of the molecule is CCCCCCCCCCCCCC(=O)OC[C@H](COP(=O)(O)OCC(O)CO)OC(=O)CCCCCCCCCCCCC.CCC[N+](C)(C)C.[Cl-]. The molecule has 0 aliphatic carbocycles. The summed E-state index contributed by atoms with van der Waals surface area (Å²) in [6.07, 6.45) is 24.9. The Morgan fingerprint density at radius 2 is 0.962 bits per heavy atom. The molecule has 0 aliphatic heterocycles. The van der Waals surface area contributed by atoms with Crippen molar-refractivity contribution in [2.45, 2.75) is 193 Å². The number of aliphatic hydroxyl groups excluding tert-OH is 2. The number of quaternary nitrogens is 1. The van der Waals surface area contributed by atoms with E-state index in [4.69, 9.17) is 19.1 Å². The fourth-order valence-corrected chi connectivity index (χ4v) is 6.39. The number of carbonyl (C=O) groups excluding carboxylic acids is 2. The third-order valence-corrected chi connectivity index (χ3v) is 9.61. The van der Waals surface area contributed by atoms with Crippen molar-refractivity contribution in [2.24, 2.45) is 0 Å². The van der Waals surface area contributed by atoms with E-state index in [0.717, 1.165) is 43.0 Å². The van der Waals surface area contributed by atoms with Crippen LogP contribution in [0.25, 0.3) is 0 Å². The van der Waals surface area contributed by atoms with E-state index in [1.807, 2.05) is 0 Å². The number of aliphatic hydroxyl groups is 2. The van der Waals surface area contributed by atoms with E-state index in [0.29, 0.717) is 12.8 Å². The summed E-state index contributed by atoms with van der Waals surface area (Å²) in [5.74, 6) is -0.919. The Labute approximate surface area is 331 Å². The first-order valence-corrected chi connectivity index (χ1v) is 22.4. The van der Waals surface area contributed by atoms with E-state index in [1.165, 1.54) is 103 Å². The molecule has 0 fully saturated rings. The van der Waals surface area contributed by atoms with Crippen molar-refractivity contribution >= 4 is 19.8 Å². The fraction of sp³-hybridized carbons (Fsp3) is 0.950. The molecule has 0 aliphatic rings. The molecule has 3 atom stereocenters. The molecule has 13 heteroatoms. The van der Waals surface area contributed by atoms with Gasteiger partial charge in [0.05, 0.1) is 47.5 Å². The number of esters is 2. The Morgan fingerprint density at radius 1 is 0.585 bits per heavy atom. The Balaban J connectivity index is -0.00000282. The van der Waals surface area contributed by atoms with Crippen LogP contribution in [-0.4, -0.2) is 97.9 Å². The lowest BCUT2D eigenvalue weighted by Gasteiger charge is -2.22. The van der Waals surface area contributed by atoms with Crippen LogP contribution in [0.5, 0.6) is 0 Å². The van der Waals surface area contributed by atoms with Gasteiger partial charge in [0.1, 0.15) is 12.7 Å². The normalized spacial score (nSPS) is 13.6. The van der Waals surface area contributed by atoms with E-state index in [-0.39, 0.29) is 31.9 Å². The molecule has 0 saturated carbocycles. The van der Waals surface area contributed by atoms with Gasteiger partial charge in [-0.3, -0.25) is 18.6 Å². The molecule has 0 amide bonds. The standard InChI is InChI=1S/C34H67O10P.C6H16N.ClH/c1-3-5-7-9-11-13-15-17-19-21-23-25-33(37)41-29-32(30-43-45(39,40)42-28-31(36)27-35)44-34(38)26-24-22-20-18-16-14-12-10-8-6-4-2;1-5-6-7(2,3)4;/h31-32,35-36H,3-30H2,1-2H3,(H,39,40);5-6H2,1-4H3;1H/q;+1;/p-1/t31?,32-;;/m1../s1. The maximum atomic E-state index is 12.5. The van der Waals surface area contributed by atoms with Crippen LogP contribution >= 0.6 is 7.82 Å². The Hall–Kier alpha value is -0.780. The van der Waals surface area contributed by atoms with Crippen LogP contribution < -0.4 is 12.4 Å². The quantitative estimate of drug-likeness (QED) is 0.0280. The number of phosphoric acid groups is 1. The summed E-state index contributed by atoms with van der Waals surface area (Å²) in [7, 11) is 2.04. The van der Waals surface area contributed by atoms with Crippen molar-refractivity contribution in [2.75, 3.05) is 54.1 Å². The zero-order valence-corrected chi connectivity index (χ0v) is 36.5. The highest BCUT2D eigenvalue weighted by molar-refractivity contribution is 7.47. The number of rotatable bonds is 36. The Morgan fingerprint density at radius 3 is 1.32 bits per heavy atom. The first-order chi connectivity index (χ1) is 24.8. The minimum Gasteiger partial charge on any atom is -1.00 e. The molecule has 0 aromatic carbocycles. The van der Waals surface area contributed by atoms with Crippen molar-refractivity contribution in [1.29, 1.82) is 0 Å². The molecule has 0 aromatic rings. The van der Waals surface area contributed by atoms with Gasteiger partial charge >= 0.3 is 19.8 Å². The van der Waals surface area contributed by atoms with Crippen molar-refractivity contribution < 1.29 is 64.7 Å². The van der Waals surface area contributed by atoms with E-state index in [2.05, 4.69) is 46.4 Å². The zero-order valence-electron chi connectivity index (χ0n) is 34.8. The zero-order chi connectivity index (χ0) is 39.4. The number of carbonyl (C=O) groups is 2. The topological polar surface area (TPSA) is 149 Å². The molecular weight excluding hydrogens is 721 g/mol. The van der Waals surface area contributed by atoms with E-state index in [1.54, 1.807) is 0 Å². The van der Waals surface area contributed by atoms with E-state index < -0.39 is 51.8 Å². The summed E-state index contributed by atoms with van der Waals surface area (Å²) in [6, 6.07) is 0. The molecule has 0 bridgehead atoms. The monoisotopic (exact) mass is 804 g/mol. The van der Waals surface area contributed by atoms with Crippen LogP contribution in [0.2, 0.25) is 0 Å². The lowest BCUT2D eigenvalue weighted by atomic mass is 10.1. The van der Waals surface area contributed by atoms with Gasteiger partial charge in [0, 0.05) is 12.8 Å². The predicted molar refractivity (Wildman–Crippen MR) is 211 cm³/mol. The number of phosphoric ester groups is 1. The third-order valence-electron chi connectivity index (χ3n) is 8.66. The van der Waals surface area contributed by atoms with Gasteiger partial charge in [0.2, 0.25) is 0 Å². The summed E-state index contributed by atoms with van der Waals surface area (Å²) in [5.41, 5.74) is 0. The smallest absolute Gasteiger partial charge is 0.472 e. The molecule has 53 heavy (non-hydrogen) atoms. The summed E-state index contributed by atoms with van der Waals surface area (Å²) in [5, 5.41) is 18.2. The molecule has 0 rings (SSSR count). The molecule has 0 heterocycles. The first kappa shape index (κ1) is 56.6. The summed E-state index contributed by atoms with van der Waals surface area (Å²) in [6.45, 7) is 5.84. The van der Waals surface area contributed by atoms with Gasteiger partial charge in [-0.2, -0.15) is 0 Å². The number of halogens is 1. The van der Waals surface area contributed by atoms with Crippen LogP contribution in [0.4, 0.5) is 0 Å². The molecule has 0 saturated heterocycles. The second-order valence-corrected chi connectivity index (χ2v) is 16.7. The van der Waals surface area contributed by atoms with Crippen LogP contribution in [0, 0.1) is 0 Å². The Bertz CT molecular complexity index is 862. The lowest BCUT2D eigenvalue weighted by molar-refractivity contribution is -0.870. The van der Waals surface area contributed by atoms with Crippen molar-refractivity contribution in [3.63, 3.8) is 0 Å². The van der Waals surface area contributed by atoms with Crippen molar-refractivity contribution in [3.8, 4) is 0 Å². The van der Waals surface area contributed by atoms with Crippen LogP contribution in [0.15, 0.2) is 0 Å². The largest absolute Gasteiger partial charge is 1.00 e. The predicted octanol–water partition coefficient (Wildman–Crippen LogP) is 6.44. The maximum absolute atomic E-state index is 12.5. The molecular formula is C40H83ClNO10P. The number of hydrogen-bond donors (Lipinski definition) is 3. The van der Waals surface area contributed by atoms with Crippen LogP contribution in [0.3, 0.4) is 0 Å². The highest BCUT2D eigenvalue weighted by Crippen LogP contribution is 2.43. The number of hydrogen-bond acceptors (Lipinski definition) is 9. The average molecular weight is 805 g/mol. The fourth-order valence-electron chi connectivity index (χ4n) is 5.60. The number of ether oxygens (including phenoxy) is 2. The molecule has 320 valence electrons. The summed E-state index contributed by atoms with van der Waals surface area (Å²) < 4.78 is 33.6. The van der Waals surface area contributed by atoms with Crippen LogP contribution in [0.1, 0.15) is 181 Å². The van der Waals surface area contributed by atoms with Gasteiger partial charge in [0.25, 0.3) is 0 Å². The van der Waals surface area contributed by atoms with E-state index in [9.17, 15) is 24.2 Å². The summed E-state index contributed by atoms with van der Waals surface area (Å²) in [4.78, 5) is 34.7. The molecule has 0 radical (unpaired) electrons. The van der Waals surface area contributed by atoms with Gasteiger partial charge in [-0.25, -0.2) is 4.57 Å². The molecule has 0 aromatic heterocycles. The first-order valence-electron chi connectivity index (χ1n) is 20.9. The lowest BCUT2D eigenvalue weighted by Crippen LogP contribution is -3.00. The minimum absolute atomic E-state index is 0. The third kappa shape index (κ3) is 45.5. The molecule has 3 N–H and O–H groups in total. The van der Waals surface area contributed by atoms with Gasteiger partial charge in [-0.05, 0) is 19.3 Å². The van der Waals surface area contributed by atoms with Crippen molar-refractivity contribution in [3.05, 3.63) is 0 Å². The highest BCUT2D eigenvalue weighted by Gasteiger charge is 2.27. The van der Waals surface area contributed by atoms with E-state index >= 15 is 0 Å². The van der Waals surface area contributed by atoms with Crippen LogP contribution in [-0.2, 0) is 32.7 Å². The number of nitrogens with zero attached hydrogens (tertiary/aromatic N) is 1. The molecule has 2 unspecified atom stereocenters. The summed E-state index contributed by atoms with van der Waals surface area (Å²) >= 11 is 0. The molecule has 0 spiro atoms. The molecule has 11 nitrogen and oxygen atoms in total. The van der Waals surface area contributed by atoms with Gasteiger partial charge in [-0.15, -0.1) is 0 Å². The minimum atomic E-state index is -4.60.